The number of carbonyl (C=O) groups excluding carboxylic acids is 2. The molecule has 0 fully saturated rings. The molecule has 1 N–H and O–H groups in total. The van der Waals surface area contributed by atoms with Crippen molar-refractivity contribution >= 4 is 11.7 Å². The number of hydrogen-bond acceptors (Lipinski definition) is 2. The van der Waals surface area contributed by atoms with E-state index in [1.807, 2.05) is 36.4 Å². The van der Waals surface area contributed by atoms with Crippen LogP contribution in [0.5, 0.6) is 0 Å². The molecule has 3 nitrogen and oxygen atoms in total. The van der Waals surface area contributed by atoms with E-state index >= 15 is 0 Å². The van der Waals surface area contributed by atoms with Crippen molar-refractivity contribution in [3.05, 3.63) is 59.2 Å². The maximum absolute atomic E-state index is 11.5. The van der Waals surface area contributed by atoms with Gasteiger partial charge in [0.1, 0.15) is 5.78 Å². The van der Waals surface area contributed by atoms with Crippen molar-refractivity contribution < 1.29 is 9.59 Å². The van der Waals surface area contributed by atoms with Gasteiger partial charge in [0.25, 0.3) is 5.91 Å². The summed E-state index contributed by atoms with van der Waals surface area (Å²) >= 11 is 0. The van der Waals surface area contributed by atoms with Crippen molar-refractivity contribution in [1.29, 1.82) is 0 Å². The minimum Gasteiger partial charge on any atom is -0.355 e. The highest BCUT2D eigenvalue weighted by atomic mass is 16.1. The molecule has 0 spiro atoms. The van der Waals surface area contributed by atoms with E-state index in [1.54, 1.807) is 7.05 Å². The minimum atomic E-state index is -0.0869. The van der Waals surface area contributed by atoms with E-state index < -0.39 is 0 Å². The van der Waals surface area contributed by atoms with Crippen LogP contribution in [0.1, 0.15) is 21.5 Å². The highest BCUT2D eigenvalue weighted by molar-refractivity contribution is 5.94. The number of benzene rings is 2. The second-order valence-corrected chi connectivity index (χ2v) is 5.03. The van der Waals surface area contributed by atoms with Gasteiger partial charge in [0, 0.05) is 25.5 Å². The largest absolute Gasteiger partial charge is 0.355 e. The molecule has 0 heterocycles. The zero-order valence-electron chi connectivity index (χ0n) is 11.3. The fourth-order valence-electron chi connectivity index (χ4n) is 2.59. The van der Waals surface area contributed by atoms with E-state index in [2.05, 4.69) is 11.4 Å². The van der Waals surface area contributed by atoms with Gasteiger partial charge in [0.05, 0.1) is 0 Å². The molecule has 3 heteroatoms. The van der Waals surface area contributed by atoms with Crippen molar-refractivity contribution in [1.82, 2.24) is 5.32 Å². The third-order valence-electron chi connectivity index (χ3n) is 3.69. The average molecular weight is 265 g/mol. The number of carbonyl (C=O) groups is 2. The lowest BCUT2D eigenvalue weighted by atomic mass is 9.99. The van der Waals surface area contributed by atoms with Gasteiger partial charge in [-0.3, -0.25) is 9.59 Å². The molecular weight excluding hydrogens is 250 g/mol. The Bertz CT molecular complexity index is 687. The Hall–Kier alpha value is -2.42. The second kappa shape index (κ2) is 4.93. The quantitative estimate of drug-likeness (QED) is 0.906. The summed E-state index contributed by atoms with van der Waals surface area (Å²) in [5.74, 6) is 0.197. The Morgan fingerprint density at radius 1 is 0.950 bits per heavy atom. The zero-order chi connectivity index (χ0) is 14.1. The predicted molar refractivity (Wildman–Crippen MR) is 77.7 cm³/mol. The van der Waals surface area contributed by atoms with Crippen LogP contribution in [0.2, 0.25) is 0 Å². The van der Waals surface area contributed by atoms with E-state index in [-0.39, 0.29) is 11.7 Å². The van der Waals surface area contributed by atoms with Crippen LogP contribution >= 0.6 is 0 Å². The average Bonchev–Trinajstić information content (AvgIpc) is 2.85. The minimum absolute atomic E-state index is 0.0869. The molecule has 1 aliphatic rings. The first-order valence-electron chi connectivity index (χ1n) is 6.63. The summed E-state index contributed by atoms with van der Waals surface area (Å²) in [6.07, 6.45) is 1.10. The van der Waals surface area contributed by atoms with Gasteiger partial charge in [-0.05, 0) is 34.4 Å². The van der Waals surface area contributed by atoms with Gasteiger partial charge in [-0.25, -0.2) is 0 Å². The third-order valence-corrected chi connectivity index (χ3v) is 3.69. The summed E-state index contributed by atoms with van der Waals surface area (Å²) in [4.78, 5) is 23.0. The van der Waals surface area contributed by atoms with E-state index in [1.165, 1.54) is 0 Å². The lowest BCUT2D eigenvalue weighted by Gasteiger charge is -2.06. The summed E-state index contributed by atoms with van der Waals surface area (Å²) in [7, 11) is 1.62. The molecule has 0 radical (unpaired) electrons. The maximum atomic E-state index is 11.5. The van der Waals surface area contributed by atoms with Crippen LogP contribution in [0.3, 0.4) is 0 Å². The highest BCUT2D eigenvalue weighted by Crippen LogP contribution is 2.27. The van der Waals surface area contributed by atoms with Gasteiger partial charge in [-0.15, -0.1) is 0 Å². The van der Waals surface area contributed by atoms with Crippen LogP contribution in [0.25, 0.3) is 11.1 Å². The molecule has 1 amide bonds. The molecule has 0 bridgehead atoms. The normalized spacial score (nSPS) is 13.2. The monoisotopic (exact) mass is 265 g/mol. The van der Waals surface area contributed by atoms with E-state index in [0.29, 0.717) is 18.4 Å². The first kappa shape index (κ1) is 12.6. The first-order chi connectivity index (χ1) is 9.67. The van der Waals surface area contributed by atoms with Crippen molar-refractivity contribution in [3.8, 4) is 11.1 Å². The highest BCUT2D eigenvalue weighted by Gasteiger charge is 2.18. The molecule has 2 aromatic carbocycles. The fraction of sp³-hybridized carbons (Fsp3) is 0.176. The third kappa shape index (κ3) is 2.23. The van der Waals surface area contributed by atoms with Crippen LogP contribution in [0, 0.1) is 0 Å². The standard InChI is InChI=1S/C17H15NO2/c1-18-17(20)12-4-2-11(3-5-12)13-6-7-14-9-16(19)10-15(14)8-13/h2-8H,9-10H2,1H3,(H,18,20). The van der Waals surface area contributed by atoms with Gasteiger partial charge in [-0.2, -0.15) is 0 Å². The summed E-state index contributed by atoms with van der Waals surface area (Å²) in [6.45, 7) is 0. The van der Waals surface area contributed by atoms with Crippen LogP contribution in [-0.4, -0.2) is 18.7 Å². The summed E-state index contributed by atoms with van der Waals surface area (Å²) in [5.41, 5.74) is 5.05. The molecule has 0 aliphatic heterocycles. The number of rotatable bonds is 2. The number of amides is 1. The number of hydrogen-bond donors (Lipinski definition) is 1. The van der Waals surface area contributed by atoms with Gasteiger partial charge in [0.2, 0.25) is 0 Å². The van der Waals surface area contributed by atoms with E-state index in [0.717, 1.165) is 22.3 Å². The fourth-order valence-corrected chi connectivity index (χ4v) is 2.59. The molecular formula is C17H15NO2. The first-order valence-corrected chi connectivity index (χ1v) is 6.63. The molecule has 0 unspecified atom stereocenters. The van der Waals surface area contributed by atoms with Crippen molar-refractivity contribution in [2.75, 3.05) is 7.05 Å². The van der Waals surface area contributed by atoms with Gasteiger partial charge < -0.3 is 5.32 Å². The Kier molecular flexibility index (Phi) is 3.11. The molecule has 0 saturated carbocycles. The van der Waals surface area contributed by atoms with E-state index in [4.69, 9.17) is 0 Å². The van der Waals surface area contributed by atoms with Crippen molar-refractivity contribution in [2.45, 2.75) is 12.8 Å². The van der Waals surface area contributed by atoms with Gasteiger partial charge in [-0.1, -0.05) is 30.3 Å². The summed E-state index contributed by atoms with van der Waals surface area (Å²) in [5, 5.41) is 2.60. The molecule has 1 aliphatic carbocycles. The van der Waals surface area contributed by atoms with Crippen LogP contribution in [0.4, 0.5) is 0 Å². The molecule has 0 atom stereocenters. The molecule has 0 aromatic heterocycles. The number of ketones is 1. The molecule has 3 rings (SSSR count). The lowest BCUT2D eigenvalue weighted by Crippen LogP contribution is -2.17. The Morgan fingerprint density at radius 3 is 2.30 bits per heavy atom. The lowest BCUT2D eigenvalue weighted by molar-refractivity contribution is -0.117. The Labute approximate surface area is 117 Å². The Balaban J connectivity index is 1.92. The van der Waals surface area contributed by atoms with Gasteiger partial charge in [0.15, 0.2) is 0 Å². The van der Waals surface area contributed by atoms with Gasteiger partial charge >= 0.3 is 0 Å². The molecule has 100 valence electrons. The van der Waals surface area contributed by atoms with Crippen molar-refractivity contribution in [3.63, 3.8) is 0 Å². The molecule has 0 saturated heterocycles. The van der Waals surface area contributed by atoms with E-state index in [9.17, 15) is 9.59 Å². The number of nitrogens with one attached hydrogen (secondary N) is 1. The predicted octanol–water partition coefficient (Wildman–Crippen LogP) is 2.38. The SMILES string of the molecule is CNC(=O)c1ccc(-c2ccc3c(c2)CC(=O)C3)cc1. The molecule has 2 aromatic rings. The summed E-state index contributed by atoms with van der Waals surface area (Å²) < 4.78 is 0. The second-order valence-electron chi connectivity index (χ2n) is 5.03. The zero-order valence-corrected chi connectivity index (χ0v) is 11.3. The number of Topliss-reactive ketones (excluding diaryl/α,β-unsaturated/α-hetero) is 1. The summed E-state index contributed by atoms with van der Waals surface area (Å²) in [6, 6.07) is 13.6. The smallest absolute Gasteiger partial charge is 0.251 e. The van der Waals surface area contributed by atoms with Crippen LogP contribution in [-0.2, 0) is 17.6 Å². The topological polar surface area (TPSA) is 46.2 Å². The number of fused-ring (bicyclic) bond motifs is 1. The Morgan fingerprint density at radius 2 is 1.60 bits per heavy atom. The maximum Gasteiger partial charge on any atom is 0.251 e. The van der Waals surface area contributed by atoms with Crippen LogP contribution < -0.4 is 5.32 Å². The van der Waals surface area contributed by atoms with Crippen LogP contribution in [0.15, 0.2) is 42.5 Å². The molecule has 20 heavy (non-hydrogen) atoms. The van der Waals surface area contributed by atoms with Crippen molar-refractivity contribution in [2.24, 2.45) is 0 Å².